The molecule has 1 amide bonds. The molecule has 0 fully saturated rings. The number of likely N-dealkylation sites (N-methyl/N-ethyl adjacent to an activating group) is 2. The minimum atomic E-state index is 0.0856. The fourth-order valence-electron chi connectivity index (χ4n) is 1.70. The number of hydrogen-bond acceptors (Lipinski definition) is 4. The molecule has 1 aromatic rings. The van der Waals surface area contributed by atoms with Crippen LogP contribution in [0.2, 0.25) is 0 Å². The first-order valence-electron chi connectivity index (χ1n) is 6.21. The number of methoxy groups -OCH3 is 2. The Labute approximate surface area is 114 Å². The van der Waals surface area contributed by atoms with Crippen LogP contribution in [0.25, 0.3) is 0 Å². The van der Waals surface area contributed by atoms with Crippen LogP contribution in [-0.2, 0) is 11.2 Å². The topological polar surface area (TPSA) is 50.8 Å². The zero-order valence-electron chi connectivity index (χ0n) is 12.0. The van der Waals surface area contributed by atoms with E-state index in [1.54, 1.807) is 26.2 Å². The maximum Gasteiger partial charge on any atom is 0.226 e. The molecule has 0 unspecified atom stereocenters. The average molecular weight is 266 g/mol. The van der Waals surface area contributed by atoms with Crippen molar-refractivity contribution in [1.29, 1.82) is 0 Å². The summed E-state index contributed by atoms with van der Waals surface area (Å²) in [6.45, 7) is 1.48. The van der Waals surface area contributed by atoms with Crippen LogP contribution in [0, 0.1) is 0 Å². The number of nitrogens with one attached hydrogen (secondary N) is 1. The SMILES string of the molecule is CNCCN(C)C(=O)Cc1ccc(OC)c(OC)c1. The molecule has 1 aromatic carbocycles. The van der Waals surface area contributed by atoms with E-state index >= 15 is 0 Å². The summed E-state index contributed by atoms with van der Waals surface area (Å²) in [6, 6.07) is 5.53. The molecule has 1 rings (SSSR count). The van der Waals surface area contributed by atoms with Gasteiger partial charge in [0.1, 0.15) is 0 Å². The molecule has 0 radical (unpaired) electrons. The average Bonchev–Trinajstić information content (AvgIpc) is 2.44. The van der Waals surface area contributed by atoms with Crippen molar-refractivity contribution >= 4 is 5.91 Å². The number of rotatable bonds is 7. The van der Waals surface area contributed by atoms with Gasteiger partial charge in [0, 0.05) is 20.1 Å². The third kappa shape index (κ3) is 4.44. The molecule has 5 heteroatoms. The summed E-state index contributed by atoms with van der Waals surface area (Å²) in [4.78, 5) is 13.7. The lowest BCUT2D eigenvalue weighted by molar-refractivity contribution is -0.129. The van der Waals surface area contributed by atoms with Gasteiger partial charge in [-0.3, -0.25) is 4.79 Å². The molecule has 1 N–H and O–H groups in total. The van der Waals surface area contributed by atoms with E-state index in [4.69, 9.17) is 9.47 Å². The zero-order valence-corrected chi connectivity index (χ0v) is 12.0. The first-order chi connectivity index (χ1) is 9.12. The van der Waals surface area contributed by atoms with Crippen molar-refractivity contribution in [2.45, 2.75) is 6.42 Å². The van der Waals surface area contributed by atoms with Crippen LogP contribution in [0.4, 0.5) is 0 Å². The molecule has 106 valence electrons. The fourth-order valence-corrected chi connectivity index (χ4v) is 1.70. The van der Waals surface area contributed by atoms with Crippen molar-refractivity contribution in [3.05, 3.63) is 23.8 Å². The van der Waals surface area contributed by atoms with E-state index < -0.39 is 0 Å². The molecule has 0 atom stereocenters. The predicted octanol–water partition coefficient (Wildman–Crippen LogP) is 0.924. The molecule has 19 heavy (non-hydrogen) atoms. The van der Waals surface area contributed by atoms with Gasteiger partial charge in [0.2, 0.25) is 5.91 Å². The third-order valence-corrected chi connectivity index (χ3v) is 2.93. The van der Waals surface area contributed by atoms with E-state index in [0.717, 1.165) is 12.1 Å². The van der Waals surface area contributed by atoms with Gasteiger partial charge in [0.05, 0.1) is 20.6 Å². The number of nitrogens with zero attached hydrogens (tertiary/aromatic N) is 1. The summed E-state index contributed by atoms with van der Waals surface area (Å²) in [5.41, 5.74) is 0.916. The molecule has 0 saturated carbocycles. The Hall–Kier alpha value is -1.75. The molecular weight excluding hydrogens is 244 g/mol. The molecule has 0 bridgehead atoms. The lowest BCUT2D eigenvalue weighted by Gasteiger charge is -2.17. The molecular formula is C14H22N2O3. The molecule has 0 aromatic heterocycles. The smallest absolute Gasteiger partial charge is 0.226 e. The highest BCUT2D eigenvalue weighted by molar-refractivity contribution is 5.78. The van der Waals surface area contributed by atoms with Crippen LogP contribution in [0.5, 0.6) is 11.5 Å². The Morgan fingerprint density at radius 2 is 1.95 bits per heavy atom. The summed E-state index contributed by atoms with van der Waals surface area (Å²) in [5.74, 6) is 1.40. The molecule has 0 aliphatic rings. The molecule has 0 heterocycles. The van der Waals surface area contributed by atoms with Crippen molar-refractivity contribution in [3.63, 3.8) is 0 Å². The quantitative estimate of drug-likeness (QED) is 0.797. The van der Waals surface area contributed by atoms with Crippen molar-refractivity contribution in [3.8, 4) is 11.5 Å². The first-order valence-corrected chi connectivity index (χ1v) is 6.21. The maximum atomic E-state index is 12.0. The Morgan fingerprint density at radius 3 is 2.53 bits per heavy atom. The Kier molecular flexibility index (Phi) is 6.15. The third-order valence-electron chi connectivity index (χ3n) is 2.93. The zero-order chi connectivity index (χ0) is 14.3. The number of ether oxygens (including phenoxy) is 2. The van der Waals surface area contributed by atoms with E-state index in [1.165, 1.54) is 0 Å². The van der Waals surface area contributed by atoms with Gasteiger partial charge in [-0.2, -0.15) is 0 Å². The largest absolute Gasteiger partial charge is 0.493 e. The Morgan fingerprint density at radius 1 is 1.26 bits per heavy atom. The van der Waals surface area contributed by atoms with E-state index in [-0.39, 0.29) is 5.91 Å². The summed E-state index contributed by atoms with van der Waals surface area (Å²) >= 11 is 0. The van der Waals surface area contributed by atoms with Gasteiger partial charge in [0.25, 0.3) is 0 Å². The number of benzene rings is 1. The van der Waals surface area contributed by atoms with Gasteiger partial charge >= 0.3 is 0 Å². The summed E-state index contributed by atoms with van der Waals surface area (Å²) in [7, 11) is 6.85. The van der Waals surface area contributed by atoms with Gasteiger partial charge in [-0.15, -0.1) is 0 Å². The molecule has 0 saturated heterocycles. The van der Waals surface area contributed by atoms with E-state index in [0.29, 0.717) is 24.5 Å². The van der Waals surface area contributed by atoms with Crippen LogP contribution in [0.15, 0.2) is 18.2 Å². The molecule has 0 spiro atoms. The summed E-state index contributed by atoms with van der Waals surface area (Å²) in [6.07, 6.45) is 0.362. The second kappa shape index (κ2) is 7.63. The van der Waals surface area contributed by atoms with Gasteiger partial charge in [-0.1, -0.05) is 6.07 Å². The van der Waals surface area contributed by atoms with Crippen LogP contribution in [0.3, 0.4) is 0 Å². The highest BCUT2D eigenvalue weighted by atomic mass is 16.5. The summed E-state index contributed by atoms with van der Waals surface area (Å²) in [5, 5.41) is 3.02. The highest BCUT2D eigenvalue weighted by Gasteiger charge is 2.11. The van der Waals surface area contributed by atoms with Crippen LogP contribution < -0.4 is 14.8 Å². The number of hydrogen-bond donors (Lipinski definition) is 1. The lowest BCUT2D eigenvalue weighted by atomic mass is 10.1. The minimum absolute atomic E-state index is 0.0856. The highest BCUT2D eigenvalue weighted by Crippen LogP contribution is 2.27. The van der Waals surface area contributed by atoms with Gasteiger partial charge in [-0.05, 0) is 24.7 Å². The monoisotopic (exact) mass is 266 g/mol. The second-order valence-corrected chi connectivity index (χ2v) is 4.28. The second-order valence-electron chi connectivity index (χ2n) is 4.28. The number of carbonyl (C=O) groups excluding carboxylic acids is 1. The fraction of sp³-hybridized carbons (Fsp3) is 0.500. The normalized spacial score (nSPS) is 10.1. The predicted molar refractivity (Wildman–Crippen MR) is 74.8 cm³/mol. The van der Waals surface area contributed by atoms with Crippen molar-refractivity contribution in [1.82, 2.24) is 10.2 Å². The van der Waals surface area contributed by atoms with Gasteiger partial charge in [0.15, 0.2) is 11.5 Å². The number of carbonyl (C=O) groups is 1. The maximum absolute atomic E-state index is 12.0. The van der Waals surface area contributed by atoms with Crippen LogP contribution >= 0.6 is 0 Å². The van der Waals surface area contributed by atoms with Gasteiger partial charge < -0.3 is 19.7 Å². The van der Waals surface area contributed by atoms with E-state index in [2.05, 4.69) is 5.32 Å². The van der Waals surface area contributed by atoms with Gasteiger partial charge in [-0.25, -0.2) is 0 Å². The Balaban J connectivity index is 2.69. The van der Waals surface area contributed by atoms with Crippen LogP contribution in [0.1, 0.15) is 5.56 Å². The summed E-state index contributed by atoms with van der Waals surface area (Å²) < 4.78 is 10.4. The van der Waals surface area contributed by atoms with Crippen molar-refractivity contribution in [2.24, 2.45) is 0 Å². The molecule has 0 aliphatic heterocycles. The van der Waals surface area contributed by atoms with Crippen LogP contribution in [-0.4, -0.2) is 52.2 Å². The Bertz CT molecular complexity index is 421. The van der Waals surface area contributed by atoms with Crippen molar-refractivity contribution in [2.75, 3.05) is 41.4 Å². The lowest BCUT2D eigenvalue weighted by Crippen LogP contribution is -2.33. The minimum Gasteiger partial charge on any atom is -0.493 e. The van der Waals surface area contributed by atoms with Crippen molar-refractivity contribution < 1.29 is 14.3 Å². The van der Waals surface area contributed by atoms with E-state index in [9.17, 15) is 4.79 Å². The first kappa shape index (κ1) is 15.3. The standard InChI is InChI=1S/C14H22N2O3/c1-15-7-8-16(2)14(17)10-11-5-6-12(18-3)13(9-11)19-4/h5-6,9,15H,7-8,10H2,1-4H3. The van der Waals surface area contributed by atoms with E-state index in [1.807, 2.05) is 25.2 Å². The number of amides is 1. The molecule has 5 nitrogen and oxygen atoms in total. The molecule has 0 aliphatic carbocycles.